The summed E-state index contributed by atoms with van der Waals surface area (Å²) < 4.78 is 5.82. The first-order chi connectivity index (χ1) is 11.6. The van der Waals surface area contributed by atoms with Gasteiger partial charge in [-0.25, -0.2) is 0 Å². The zero-order valence-electron chi connectivity index (χ0n) is 14.1. The van der Waals surface area contributed by atoms with E-state index < -0.39 is 6.04 Å². The van der Waals surface area contributed by atoms with Crippen molar-refractivity contribution >= 4 is 23.6 Å². The quantitative estimate of drug-likeness (QED) is 0.791. The molecular formula is C16H24N4O3S. The van der Waals surface area contributed by atoms with Crippen LogP contribution in [-0.4, -0.2) is 64.2 Å². The summed E-state index contributed by atoms with van der Waals surface area (Å²) in [4.78, 5) is 25.9. The van der Waals surface area contributed by atoms with Crippen LogP contribution in [0.5, 0.6) is 5.88 Å². The monoisotopic (exact) mass is 352 g/mol. The number of piperidine rings is 1. The molecule has 1 N–H and O–H groups in total. The molecule has 0 aliphatic carbocycles. The van der Waals surface area contributed by atoms with Gasteiger partial charge in [0, 0.05) is 25.7 Å². The van der Waals surface area contributed by atoms with Crippen LogP contribution >= 0.6 is 11.8 Å². The van der Waals surface area contributed by atoms with Gasteiger partial charge < -0.3 is 15.0 Å². The van der Waals surface area contributed by atoms with Crippen LogP contribution in [-0.2, 0) is 9.59 Å². The second-order valence-corrected chi connectivity index (χ2v) is 6.75. The van der Waals surface area contributed by atoms with E-state index in [1.165, 1.54) is 6.92 Å². The van der Waals surface area contributed by atoms with Gasteiger partial charge in [0.05, 0.1) is 6.54 Å². The largest absolute Gasteiger partial charge is 0.471 e. The molecule has 1 aliphatic rings. The summed E-state index contributed by atoms with van der Waals surface area (Å²) in [6, 6.07) is 3.06. The lowest BCUT2D eigenvalue weighted by Crippen LogP contribution is -2.52. The molecule has 0 radical (unpaired) electrons. The highest BCUT2D eigenvalue weighted by atomic mass is 32.2. The molecular weight excluding hydrogens is 328 g/mol. The Kier molecular flexibility index (Phi) is 7.30. The summed E-state index contributed by atoms with van der Waals surface area (Å²) in [6.07, 6.45) is 5.85. The molecule has 0 spiro atoms. The van der Waals surface area contributed by atoms with Gasteiger partial charge in [-0.05, 0) is 37.3 Å². The number of nitrogens with one attached hydrogen (secondary N) is 1. The van der Waals surface area contributed by atoms with Crippen molar-refractivity contribution in [1.29, 1.82) is 0 Å². The van der Waals surface area contributed by atoms with Gasteiger partial charge in [0.2, 0.25) is 17.7 Å². The molecule has 1 saturated heterocycles. The van der Waals surface area contributed by atoms with Gasteiger partial charge in [0.15, 0.2) is 0 Å². The van der Waals surface area contributed by atoms with Crippen molar-refractivity contribution in [2.45, 2.75) is 38.3 Å². The second kappa shape index (κ2) is 9.46. The maximum atomic E-state index is 12.8. The molecule has 0 unspecified atom stereocenters. The topological polar surface area (TPSA) is 84.4 Å². The van der Waals surface area contributed by atoms with E-state index in [1.54, 1.807) is 35.0 Å². The fraction of sp³-hybridized carbons (Fsp3) is 0.625. The first-order valence-corrected chi connectivity index (χ1v) is 9.48. The van der Waals surface area contributed by atoms with Crippen molar-refractivity contribution in [2.75, 3.05) is 25.1 Å². The zero-order valence-corrected chi connectivity index (χ0v) is 14.9. The summed E-state index contributed by atoms with van der Waals surface area (Å²) in [7, 11) is 0. The fourth-order valence-corrected chi connectivity index (χ4v) is 3.19. The van der Waals surface area contributed by atoms with Crippen LogP contribution in [0.1, 0.15) is 26.2 Å². The lowest BCUT2D eigenvalue weighted by atomic mass is 10.1. The molecule has 2 atom stereocenters. The van der Waals surface area contributed by atoms with E-state index in [1.807, 2.05) is 6.26 Å². The average Bonchev–Trinajstić information content (AvgIpc) is 2.59. The summed E-state index contributed by atoms with van der Waals surface area (Å²) in [5.41, 5.74) is 0. The molecule has 1 aliphatic heterocycles. The van der Waals surface area contributed by atoms with Crippen LogP contribution in [0.3, 0.4) is 0 Å². The van der Waals surface area contributed by atoms with Gasteiger partial charge >= 0.3 is 0 Å². The van der Waals surface area contributed by atoms with Crippen LogP contribution in [0, 0.1) is 0 Å². The Hall–Kier alpha value is -1.83. The molecule has 7 nitrogen and oxygen atoms in total. The van der Waals surface area contributed by atoms with Gasteiger partial charge in [-0.2, -0.15) is 16.9 Å². The first-order valence-electron chi connectivity index (χ1n) is 8.09. The van der Waals surface area contributed by atoms with Crippen molar-refractivity contribution in [1.82, 2.24) is 20.4 Å². The SMILES string of the molecule is CSCC[C@@H](NC(C)=O)C(=O)N1CCC[C@H](Oc2cccnn2)C1. The van der Waals surface area contributed by atoms with E-state index in [0.29, 0.717) is 25.4 Å². The predicted molar refractivity (Wildman–Crippen MR) is 92.9 cm³/mol. The number of nitrogens with zero attached hydrogens (tertiary/aromatic N) is 3. The Labute approximate surface area is 146 Å². The standard InChI is InChI=1S/C16H24N4O3S/c1-12(21)18-14(7-10-24-2)16(22)20-9-4-5-13(11-20)23-15-6-3-8-17-19-15/h3,6,8,13-14H,4-5,7,9-11H2,1-2H3,(H,18,21)/t13-,14+/m0/s1. The number of hydrogen-bond donors (Lipinski definition) is 1. The summed E-state index contributed by atoms with van der Waals surface area (Å²) >= 11 is 1.66. The number of rotatable bonds is 7. The molecule has 2 heterocycles. The highest BCUT2D eigenvalue weighted by Gasteiger charge is 2.30. The van der Waals surface area contributed by atoms with Crippen LogP contribution in [0.4, 0.5) is 0 Å². The fourth-order valence-electron chi connectivity index (χ4n) is 2.71. The van der Waals surface area contributed by atoms with Crippen molar-refractivity contribution in [3.8, 4) is 5.88 Å². The van der Waals surface area contributed by atoms with E-state index in [4.69, 9.17) is 4.74 Å². The summed E-state index contributed by atoms with van der Waals surface area (Å²) in [5, 5.41) is 10.5. The average molecular weight is 352 g/mol. The molecule has 0 bridgehead atoms. The maximum absolute atomic E-state index is 12.8. The number of hydrogen-bond acceptors (Lipinski definition) is 6. The Morgan fingerprint density at radius 2 is 2.38 bits per heavy atom. The highest BCUT2D eigenvalue weighted by Crippen LogP contribution is 2.17. The van der Waals surface area contributed by atoms with Gasteiger partial charge in [-0.15, -0.1) is 5.10 Å². The first kappa shape index (κ1) is 18.5. The Morgan fingerprint density at radius 1 is 1.54 bits per heavy atom. The number of carbonyl (C=O) groups excluding carboxylic acids is 2. The van der Waals surface area contributed by atoms with E-state index in [9.17, 15) is 9.59 Å². The van der Waals surface area contributed by atoms with Gasteiger partial charge in [0.1, 0.15) is 12.1 Å². The van der Waals surface area contributed by atoms with E-state index in [0.717, 1.165) is 18.6 Å². The number of thioether (sulfide) groups is 1. The molecule has 8 heteroatoms. The van der Waals surface area contributed by atoms with Crippen LogP contribution in [0.25, 0.3) is 0 Å². The number of aromatic nitrogens is 2. The molecule has 24 heavy (non-hydrogen) atoms. The van der Waals surface area contributed by atoms with Crippen molar-refractivity contribution in [2.24, 2.45) is 0 Å². The number of carbonyl (C=O) groups is 2. The summed E-state index contributed by atoms with van der Waals surface area (Å²) in [6.45, 7) is 2.63. The highest BCUT2D eigenvalue weighted by molar-refractivity contribution is 7.98. The number of amides is 2. The van der Waals surface area contributed by atoms with Gasteiger partial charge in [0.25, 0.3) is 0 Å². The van der Waals surface area contributed by atoms with Crippen LogP contribution in [0.15, 0.2) is 18.3 Å². The molecule has 0 saturated carbocycles. The minimum absolute atomic E-state index is 0.0355. The number of ether oxygens (including phenoxy) is 1. The second-order valence-electron chi connectivity index (χ2n) is 5.76. The lowest BCUT2D eigenvalue weighted by molar-refractivity contribution is -0.138. The van der Waals surface area contributed by atoms with E-state index in [-0.39, 0.29) is 17.9 Å². The minimum Gasteiger partial charge on any atom is -0.471 e. The summed E-state index contributed by atoms with van der Waals surface area (Å²) in [5.74, 6) is 1.08. The number of likely N-dealkylation sites (tertiary alicyclic amines) is 1. The minimum atomic E-state index is -0.467. The van der Waals surface area contributed by atoms with Crippen LogP contribution < -0.4 is 10.1 Å². The van der Waals surface area contributed by atoms with E-state index >= 15 is 0 Å². The van der Waals surface area contributed by atoms with Crippen molar-refractivity contribution in [3.05, 3.63) is 18.3 Å². The Morgan fingerprint density at radius 3 is 3.04 bits per heavy atom. The third kappa shape index (κ3) is 5.67. The molecule has 1 aromatic heterocycles. The molecule has 1 fully saturated rings. The lowest BCUT2D eigenvalue weighted by Gasteiger charge is -2.34. The Balaban J connectivity index is 1.95. The molecule has 1 aromatic rings. The molecule has 2 rings (SSSR count). The zero-order chi connectivity index (χ0) is 17.4. The van der Waals surface area contributed by atoms with E-state index in [2.05, 4.69) is 15.5 Å². The van der Waals surface area contributed by atoms with Crippen LogP contribution in [0.2, 0.25) is 0 Å². The maximum Gasteiger partial charge on any atom is 0.245 e. The third-order valence-electron chi connectivity index (χ3n) is 3.81. The third-order valence-corrected chi connectivity index (χ3v) is 4.46. The normalized spacial score (nSPS) is 18.8. The molecule has 0 aromatic carbocycles. The molecule has 2 amide bonds. The Bertz CT molecular complexity index is 543. The molecule has 132 valence electrons. The smallest absolute Gasteiger partial charge is 0.245 e. The van der Waals surface area contributed by atoms with Gasteiger partial charge in [-0.3, -0.25) is 9.59 Å². The predicted octanol–water partition coefficient (Wildman–Crippen LogP) is 1.10. The van der Waals surface area contributed by atoms with Crippen molar-refractivity contribution in [3.63, 3.8) is 0 Å². The van der Waals surface area contributed by atoms with Gasteiger partial charge in [-0.1, -0.05) is 0 Å². The van der Waals surface area contributed by atoms with Crippen molar-refractivity contribution < 1.29 is 14.3 Å².